The molecule has 0 aliphatic heterocycles. The lowest BCUT2D eigenvalue weighted by Gasteiger charge is -2.11. The zero-order valence-corrected chi connectivity index (χ0v) is 7.18. The van der Waals surface area contributed by atoms with Gasteiger partial charge < -0.3 is 5.11 Å². The van der Waals surface area contributed by atoms with Gasteiger partial charge in [0.05, 0.1) is 5.92 Å². The normalized spacial score (nSPS) is 16.8. The van der Waals surface area contributed by atoms with Crippen molar-refractivity contribution in [2.24, 2.45) is 11.8 Å². The standard InChI is InChI=1S/C6H11BrO2/c1-4(3-7)5(2)6(8)9/h4-5H,3H2,1-2H3,(H,8,9)/t4-,5?/m0/s1. The molecule has 0 rings (SSSR count). The van der Waals surface area contributed by atoms with Gasteiger partial charge in [-0.2, -0.15) is 0 Å². The van der Waals surface area contributed by atoms with Crippen molar-refractivity contribution in [3.8, 4) is 0 Å². The highest BCUT2D eigenvalue weighted by Gasteiger charge is 2.17. The van der Waals surface area contributed by atoms with Crippen LogP contribution in [-0.4, -0.2) is 16.4 Å². The minimum Gasteiger partial charge on any atom is -0.481 e. The van der Waals surface area contributed by atoms with E-state index in [1.54, 1.807) is 6.92 Å². The summed E-state index contributed by atoms with van der Waals surface area (Å²) in [4.78, 5) is 10.3. The molecule has 2 atom stereocenters. The maximum Gasteiger partial charge on any atom is 0.306 e. The number of hydrogen-bond acceptors (Lipinski definition) is 1. The number of carboxylic acids is 1. The average molecular weight is 195 g/mol. The average Bonchev–Trinajstić information content (AvgIpc) is 1.84. The van der Waals surface area contributed by atoms with Gasteiger partial charge >= 0.3 is 5.97 Å². The van der Waals surface area contributed by atoms with Gasteiger partial charge in [-0.05, 0) is 5.92 Å². The predicted octanol–water partition coefficient (Wildman–Crippen LogP) is 1.74. The van der Waals surface area contributed by atoms with Gasteiger partial charge in [-0.25, -0.2) is 0 Å². The molecule has 2 nitrogen and oxygen atoms in total. The molecule has 0 aromatic heterocycles. The summed E-state index contributed by atoms with van der Waals surface area (Å²) in [6.07, 6.45) is 0. The second kappa shape index (κ2) is 3.88. The lowest BCUT2D eigenvalue weighted by atomic mass is 9.99. The van der Waals surface area contributed by atoms with Gasteiger partial charge in [-0.15, -0.1) is 0 Å². The first-order valence-electron chi connectivity index (χ1n) is 2.88. The maximum atomic E-state index is 10.3. The van der Waals surface area contributed by atoms with E-state index in [1.165, 1.54) is 0 Å². The van der Waals surface area contributed by atoms with Gasteiger partial charge in [0.1, 0.15) is 0 Å². The third kappa shape index (κ3) is 2.84. The number of carbonyl (C=O) groups is 1. The first-order chi connectivity index (χ1) is 4.09. The molecule has 0 heterocycles. The van der Waals surface area contributed by atoms with Crippen LogP contribution in [0.1, 0.15) is 13.8 Å². The zero-order valence-electron chi connectivity index (χ0n) is 5.60. The molecule has 3 heteroatoms. The maximum absolute atomic E-state index is 10.3. The van der Waals surface area contributed by atoms with Crippen molar-refractivity contribution in [3.05, 3.63) is 0 Å². The van der Waals surface area contributed by atoms with Crippen molar-refractivity contribution < 1.29 is 9.90 Å². The minimum atomic E-state index is -0.720. The van der Waals surface area contributed by atoms with Crippen molar-refractivity contribution in [1.82, 2.24) is 0 Å². The second-order valence-electron chi connectivity index (χ2n) is 2.26. The van der Waals surface area contributed by atoms with Crippen molar-refractivity contribution in [3.63, 3.8) is 0 Å². The Labute approximate surface area is 63.4 Å². The largest absolute Gasteiger partial charge is 0.481 e. The van der Waals surface area contributed by atoms with Crippen molar-refractivity contribution in [2.45, 2.75) is 13.8 Å². The quantitative estimate of drug-likeness (QED) is 0.696. The zero-order chi connectivity index (χ0) is 7.44. The molecular weight excluding hydrogens is 184 g/mol. The molecule has 0 aliphatic rings. The van der Waals surface area contributed by atoms with Gasteiger partial charge in [0.2, 0.25) is 0 Å². The molecule has 0 saturated carbocycles. The van der Waals surface area contributed by atoms with Crippen LogP contribution in [0.15, 0.2) is 0 Å². The van der Waals surface area contributed by atoms with Crippen molar-refractivity contribution in [1.29, 1.82) is 0 Å². The Morgan fingerprint density at radius 3 is 2.22 bits per heavy atom. The Kier molecular flexibility index (Phi) is 3.86. The molecule has 0 bridgehead atoms. The monoisotopic (exact) mass is 194 g/mol. The summed E-state index contributed by atoms with van der Waals surface area (Å²) >= 11 is 3.22. The highest BCUT2D eigenvalue weighted by Crippen LogP contribution is 2.12. The number of aliphatic carboxylic acids is 1. The van der Waals surface area contributed by atoms with E-state index < -0.39 is 5.97 Å². The highest BCUT2D eigenvalue weighted by molar-refractivity contribution is 9.09. The van der Waals surface area contributed by atoms with Crippen LogP contribution in [0.4, 0.5) is 0 Å². The lowest BCUT2D eigenvalue weighted by molar-refractivity contribution is -0.142. The van der Waals surface area contributed by atoms with Gasteiger partial charge in [-0.3, -0.25) is 4.79 Å². The van der Waals surface area contributed by atoms with E-state index in [2.05, 4.69) is 15.9 Å². The fourth-order valence-electron chi connectivity index (χ4n) is 0.377. The molecule has 1 unspecified atom stereocenters. The molecule has 9 heavy (non-hydrogen) atoms. The van der Waals surface area contributed by atoms with Crippen LogP contribution in [0.25, 0.3) is 0 Å². The van der Waals surface area contributed by atoms with Crippen LogP contribution in [-0.2, 0) is 4.79 Å². The number of carboxylic acid groups (broad SMARTS) is 1. The van der Waals surface area contributed by atoms with Crippen LogP contribution in [0, 0.1) is 11.8 Å². The van der Waals surface area contributed by atoms with E-state index in [-0.39, 0.29) is 11.8 Å². The third-order valence-corrected chi connectivity index (χ3v) is 2.51. The van der Waals surface area contributed by atoms with Gasteiger partial charge in [0.25, 0.3) is 0 Å². The molecule has 0 spiro atoms. The van der Waals surface area contributed by atoms with Gasteiger partial charge in [0.15, 0.2) is 0 Å². The predicted molar refractivity (Wildman–Crippen MR) is 39.8 cm³/mol. The lowest BCUT2D eigenvalue weighted by Crippen LogP contribution is -2.18. The Morgan fingerprint density at radius 1 is 1.67 bits per heavy atom. The smallest absolute Gasteiger partial charge is 0.306 e. The Bertz CT molecular complexity index is 103. The Balaban J connectivity index is 3.72. The summed E-state index contributed by atoms with van der Waals surface area (Å²) in [6, 6.07) is 0. The molecule has 0 amide bonds. The summed E-state index contributed by atoms with van der Waals surface area (Å²) < 4.78 is 0. The van der Waals surface area contributed by atoms with E-state index in [4.69, 9.17) is 5.11 Å². The van der Waals surface area contributed by atoms with Crippen LogP contribution in [0.2, 0.25) is 0 Å². The molecule has 54 valence electrons. The van der Waals surface area contributed by atoms with Gasteiger partial charge in [-0.1, -0.05) is 29.8 Å². The van der Waals surface area contributed by atoms with Crippen molar-refractivity contribution >= 4 is 21.9 Å². The van der Waals surface area contributed by atoms with E-state index >= 15 is 0 Å². The molecular formula is C6H11BrO2. The van der Waals surface area contributed by atoms with E-state index in [1.807, 2.05) is 6.92 Å². The number of alkyl halides is 1. The molecule has 0 radical (unpaired) electrons. The van der Waals surface area contributed by atoms with Crippen LogP contribution >= 0.6 is 15.9 Å². The molecule has 0 saturated heterocycles. The molecule has 0 fully saturated rings. The summed E-state index contributed by atoms with van der Waals surface area (Å²) in [5.41, 5.74) is 0. The fourth-order valence-corrected chi connectivity index (χ4v) is 0.938. The van der Waals surface area contributed by atoms with Crippen LogP contribution < -0.4 is 0 Å². The number of halogens is 1. The summed E-state index contributed by atoms with van der Waals surface area (Å²) in [5, 5.41) is 9.21. The SMILES string of the molecule is CC(C(=O)O)[C@@H](C)CBr. The third-order valence-electron chi connectivity index (χ3n) is 1.49. The van der Waals surface area contributed by atoms with Crippen molar-refractivity contribution in [2.75, 3.05) is 5.33 Å². The molecule has 0 aromatic rings. The van der Waals surface area contributed by atoms with E-state index in [9.17, 15) is 4.79 Å². The number of rotatable bonds is 3. The molecule has 0 aliphatic carbocycles. The Morgan fingerprint density at radius 2 is 2.11 bits per heavy atom. The van der Waals surface area contributed by atoms with Gasteiger partial charge in [0, 0.05) is 5.33 Å². The first kappa shape index (κ1) is 8.95. The Hall–Kier alpha value is -0.0500. The van der Waals surface area contributed by atoms with Crippen LogP contribution in [0.3, 0.4) is 0 Å². The summed E-state index contributed by atoms with van der Waals surface area (Å²) in [5.74, 6) is -0.756. The minimum absolute atomic E-state index is 0.211. The summed E-state index contributed by atoms with van der Waals surface area (Å²) in [6.45, 7) is 3.63. The molecule has 1 N–H and O–H groups in total. The van der Waals surface area contributed by atoms with Crippen LogP contribution in [0.5, 0.6) is 0 Å². The topological polar surface area (TPSA) is 37.3 Å². The highest BCUT2D eigenvalue weighted by atomic mass is 79.9. The van der Waals surface area contributed by atoms with E-state index in [0.29, 0.717) is 0 Å². The second-order valence-corrected chi connectivity index (χ2v) is 2.91. The molecule has 0 aromatic carbocycles. The summed E-state index contributed by atoms with van der Waals surface area (Å²) in [7, 11) is 0. The number of hydrogen-bond donors (Lipinski definition) is 1. The van der Waals surface area contributed by atoms with E-state index in [0.717, 1.165) is 5.33 Å². The fraction of sp³-hybridized carbons (Fsp3) is 0.833. The first-order valence-corrected chi connectivity index (χ1v) is 4.00.